The van der Waals surface area contributed by atoms with Crippen LogP contribution in [0, 0.1) is 0 Å². The number of sulfonamides is 1. The van der Waals surface area contributed by atoms with Crippen LogP contribution in [-0.2, 0) is 10.0 Å². The SMILES string of the molecule is C[C@@H](NS(=O)(=O)c1cn(C2CC2)cc1Cl)C(F)(F)F. The van der Waals surface area contributed by atoms with Crippen molar-refractivity contribution in [3.05, 3.63) is 17.4 Å². The summed E-state index contributed by atoms with van der Waals surface area (Å²) in [6.07, 6.45) is -0.121. The maximum Gasteiger partial charge on any atom is 0.404 e. The van der Waals surface area contributed by atoms with E-state index in [1.54, 1.807) is 9.29 Å². The van der Waals surface area contributed by atoms with Crippen molar-refractivity contribution in [2.45, 2.75) is 42.9 Å². The second kappa shape index (κ2) is 4.68. The minimum Gasteiger partial charge on any atom is -0.348 e. The standard InChI is InChI=1S/C10H12ClF3N2O2S/c1-6(10(12,13)14)15-19(17,18)9-5-16(4-8(9)11)7-2-3-7/h4-7,15H,2-3H2,1H3/t6-/m1/s1. The maximum atomic E-state index is 12.4. The topological polar surface area (TPSA) is 51.1 Å². The molecule has 2 rings (SSSR count). The molecule has 0 aromatic carbocycles. The number of hydrogen-bond acceptors (Lipinski definition) is 2. The van der Waals surface area contributed by atoms with E-state index in [2.05, 4.69) is 0 Å². The van der Waals surface area contributed by atoms with Crippen molar-refractivity contribution >= 4 is 21.6 Å². The molecule has 0 aliphatic heterocycles. The third-order valence-electron chi connectivity index (χ3n) is 2.85. The molecule has 0 radical (unpaired) electrons. The summed E-state index contributed by atoms with van der Waals surface area (Å²) in [5.74, 6) is 0. The third-order valence-corrected chi connectivity index (χ3v) is 4.83. The molecular weight excluding hydrogens is 305 g/mol. The molecule has 1 N–H and O–H groups in total. The largest absolute Gasteiger partial charge is 0.404 e. The lowest BCUT2D eigenvalue weighted by atomic mass is 10.4. The molecule has 4 nitrogen and oxygen atoms in total. The second-order valence-electron chi connectivity index (χ2n) is 4.53. The van der Waals surface area contributed by atoms with Gasteiger partial charge in [0.2, 0.25) is 10.0 Å². The summed E-state index contributed by atoms with van der Waals surface area (Å²) in [7, 11) is -4.28. The molecule has 1 aromatic heterocycles. The Morgan fingerprint density at radius 3 is 2.47 bits per heavy atom. The van der Waals surface area contributed by atoms with Gasteiger partial charge in [-0.3, -0.25) is 0 Å². The Labute approximate surface area is 113 Å². The van der Waals surface area contributed by atoms with Gasteiger partial charge in [0.05, 0.1) is 5.02 Å². The Balaban J connectivity index is 2.24. The zero-order valence-corrected chi connectivity index (χ0v) is 11.5. The molecule has 9 heteroatoms. The van der Waals surface area contributed by atoms with Crippen molar-refractivity contribution < 1.29 is 21.6 Å². The molecule has 0 saturated heterocycles. The molecule has 1 aromatic rings. The van der Waals surface area contributed by atoms with Gasteiger partial charge < -0.3 is 4.57 Å². The number of hydrogen-bond donors (Lipinski definition) is 1. The fraction of sp³-hybridized carbons (Fsp3) is 0.600. The fourth-order valence-corrected chi connectivity index (χ4v) is 3.34. The van der Waals surface area contributed by atoms with E-state index in [-0.39, 0.29) is 16.0 Å². The van der Waals surface area contributed by atoms with E-state index >= 15 is 0 Å². The summed E-state index contributed by atoms with van der Waals surface area (Å²) in [4.78, 5) is -0.322. The van der Waals surface area contributed by atoms with Crippen LogP contribution in [0.15, 0.2) is 17.3 Å². The van der Waals surface area contributed by atoms with Gasteiger partial charge >= 0.3 is 6.18 Å². The fourth-order valence-electron chi connectivity index (χ4n) is 1.57. The van der Waals surface area contributed by atoms with Crippen molar-refractivity contribution in [2.24, 2.45) is 0 Å². The lowest BCUT2D eigenvalue weighted by molar-refractivity contribution is -0.147. The highest BCUT2D eigenvalue weighted by Gasteiger charge is 2.39. The number of alkyl halides is 3. The second-order valence-corrected chi connectivity index (χ2v) is 6.62. The Hall–Kier alpha value is -0.730. The minimum atomic E-state index is -4.64. The Bertz CT molecular complexity index is 578. The maximum absolute atomic E-state index is 12.4. The van der Waals surface area contributed by atoms with Gasteiger partial charge in [-0.2, -0.15) is 17.9 Å². The third kappa shape index (κ3) is 3.24. The van der Waals surface area contributed by atoms with E-state index in [9.17, 15) is 21.6 Å². The van der Waals surface area contributed by atoms with Gasteiger partial charge in [-0.05, 0) is 19.8 Å². The molecule has 0 spiro atoms. The van der Waals surface area contributed by atoms with E-state index < -0.39 is 22.2 Å². The summed E-state index contributed by atoms with van der Waals surface area (Å²) in [6.45, 7) is 0.739. The molecule has 1 heterocycles. The summed E-state index contributed by atoms with van der Waals surface area (Å²) in [5, 5.41) is -0.0752. The first kappa shape index (κ1) is 14.7. The predicted octanol–water partition coefficient (Wildman–Crippen LogP) is 2.71. The van der Waals surface area contributed by atoms with Crippen molar-refractivity contribution in [1.29, 1.82) is 0 Å². The predicted molar refractivity (Wildman–Crippen MR) is 63.6 cm³/mol. The van der Waals surface area contributed by atoms with E-state index in [1.165, 1.54) is 12.4 Å². The number of nitrogens with one attached hydrogen (secondary N) is 1. The van der Waals surface area contributed by atoms with E-state index in [4.69, 9.17) is 11.6 Å². The van der Waals surface area contributed by atoms with Crippen LogP contribution in [0.3, 0.4) is 0 Å². The van der Waals surface area contributed by atoms with Gasteiger partial charge in [-0.15, -0.1) is 0 Å². The van der Waals surface area contributed by atoms with Crippen LogP contribution in [0.25, 0.3) is 0 Å². The average Bonchev–Trinajstić information content (AvgIpc) is 3.00. The molecular formula is C10H12ClF3N2O2S. The normalized spacial score (nSPS) is 18.6. The van der Waals surface area contributed by atoms with Crippen LogP contribution in [0.5, 0.6) is 0 Å². The minimum absolute atomic E-state index is 0.0752. The van der Waals surface area contributed by atoms with E-state index in [1.807, 2.05) is 0 Å². The quantitative estimate of drug-likeness (QED) is 0.928. The first-order valence-electron chi connectivity index (χ1n) is 5.57. The monoisotopic (exact) mass is 316 g/mol. The van der Waals surface area contributed by atoms with Gasteiger partial charge in [0, 0.05) is 18.4 Å². The summed E-state index contributed by atoms with van der Waals surface area (Å²) in [6, 6.07) is -1.97. The molecule has 0 unspecified atom stereocenters. The first-order valence-corrected chi connectivity index (χ1v) is 7.43. The molecule has 1 atom stereocenters. The highest BCUT2D eigenvalue weighted by Crippen LogP contribution is 2.37. The smallest absolute Gasteiger partial charge is 0.348 e. The van der Waals surface area contributed by atoms with Gasteiger partial charge in [0.25, 0.3) is 0 Å². The molecule has 108 valence electrons. The molecule has 19 heavy (non-hydrogen) atoms. The van der Waals surface area contributed by atoms with E-state index in [0.717, 1.165) is 19.8 Å². The van der Waals surface area contributed by atoms with Crippen molar-refractivity contribution in [3.8, 4) is 0 Å². The Kier molecular flexibility index (Phi) is 3.61. The molecule has 1 aliphatic carbocycles. The van der Waals surface area contributed by atoms with Gasteiger partial charge in [0.1, 0.15) is 10.9 Å². The van der Waals surface area contributed by atoms with Crippen LogP contribution in [0.2, 0.25) is 5.02 Å². The summed E-state index contributed by atoms with van der Waals surface area (Å²) >= 11 is 5.78. The Morgan fingerprint density at radius 1 is 1.42 bits per heavy atom. The van der Waals surface area contributed by atoms with Gasteiger partial charge in [0.15, 0.2) is 0 Å². The lowest BCUT2D eigenvalue weighted by Gasteiger charge is -2.16. The van der Waals surface area contributed by atoms with Crippen LogP contribution in [0.4, 0.5) is 13.2 Å². The summed E-state index contributed by atoms with van der Waals surface area (Å²) in [5.41, 5.74) is 0. The molecule has 0 bridgehead atoms. The number of rotatable bonds is 4. The number of aromatic nitrogens is 1. The lowest BCUT2D eigenvalue weighted by Crippen LogP contribution is -2.42. The van der Waals surface area contributed by atoms with Crippen molar-refractivity contribution in [3.63, 3.8) is 0 Å². The van der Waals surface area contributed by atoms with Crippen molar-refractivity contribution in [1.82, 2.24) is 9.29 Å². The van der Waals surface area contributed by atoms with E-state index in [0.29, 0.717) is 0 Å². The Morgan fingerprint density at radius 2 is 2.00 bits per heavy atom. The summed E-state index contributed by atoms with van der Waals surface area (Å²) < 4.78 is 64.0. The first-order chi connectivity index (χ1) is 8.61. The van der Waals surface area contributed by atoms with Crippen LogP contribution in [0.1, 0.15) is 25.8 Å². The average molecular weight is 317 g/mol. The molecule has 0 amide bonds. The van der Waals surface area contributed by atoms with Crippen LogP contribution >= 0.6 is 11.6 Å². The molecule has 1 saturated carbocycles. The number of nitrogens with zero attached hydrogens (tertiary/aromatic N) is 1. The zero-order valence-electron chi connectivity index (χ0n) is 9.91. The zero-order chi connectivity index (χ0) is 14.4. The molecule has 1 fully saturated rings. The van der Waals surface area contributed by atoms with Gasteiger partial charge in [-0.25, -0.2) is 8.42 Å². The van der Waals surface area contributed by atoms with Crippen LogP contribution < -0.4 is 4.72 Å². The number of halogens is 4. The molecule has 1 aliphatic rings. The van der Waals surface area contributed by atoms with Gasteiger partial charge in [-0.1, -0.05) is 11.6 Å². The highest BCUT2D eigenvalue weighted by molar-refractivity contribution is 7.89. The van der Waals surface area contributed by atoms with Crippen LogP contribution in [-0.4, -0.2) is 25.2 Å². The highest BCUT2D eigenvalue weighted by atomic mass is 35.5. The van der Waals surface area contributed by atoms with Crippen molar-refractivity contribution in [2.75, 3.05) is 0 Å².